The van der Waals surface area contributed by atoms with Crippen LogP contribution in [0.1, 0.15) is 61.8 Å². The van der Waals surface area contributed by atoms with Gasteiger partial charge in [-0.05, 0) is 65.5 Å². The molecular weight excluding hydrogens is 232 g/mol. The molecule has 2 rings (SSSR count). The van der Waals surface area contributed by atoms with E-state index in [-0.39, 0.29) is 7.43 Å². The molecule has 0 spiro atoms. The Morgan fingerprint density at radius 1 is 0.737 bits per heavy atom. The smallest absolute Gasteiger partial charge is 0.00388 e. The van der Waals surface area contributed by atoms with Gasteiger partial charge in [-0.1, -0.05) is 21.3 Å². The number of rotatable bonds is 2. The summed E-state index contributed by atoms with van der Waals surface area (Å²) in [5.41, 5.74) is 0. The van der Waals surface area contributed by atoms with Gasteiger partial charge in [-0.25, -0.2) is 0 Å². The molecule has 0 radical (unpaired) electrons. The number of likely N-dealkylation sites (tertiary alicyclic amines) is 2. The summed E-state index contributed by atoms with van der Waals surface area (Å²) >= 11 is 0. The first-order valence-electron chi connectivity index (χ1n) is 7.88. The van der Waals surface area contributed by atoms with Crippen molar-refractivity contribution >= 4 is 0 Å². The molecule has 0 aromatic carbocycles. The van der Waals surface area contributed by atoms with Crippen molar-refractivity contribution in [2.24, 2.45) is 11.8 Å². The van der Waals surface area contributed by atoms with Crippen molar-refractivity contribution in [3.8, 4) is 0 Å². The van der Waals surface area contributed by atoms with Crippen LogP contribution in [0.5, 0.6) is 0 Å². The van der Waals surface area contributed by atoms with Crippen molar-refractivity contribution in [1.82, 2.24) is 9.80 Å². The quantitative estimate of drug-likeness (QED) is 0.745. The van der Waals surface area contributed by atoms with Crippen LogP contribution in [0.3, 0.4) is 0 Å². The highest BCUT2D eigenvalue weighted by Crippen LogP contribution is 2.17. The van der Waals surface area contributed by atoms with E-state index in [1.54, 1.807) is 0 Å². The van der Waals surface area contributed by atoms with E-state index in [0.29, 0.717) is 0 Å². The number of hydrogen-bond acceptors (Lipinski definition) is 2. The van der Waals surface area contributed by atoms with E-state index in [0.717, 1.165) is 23.9 Å². The topological polar surface area (TPSA) is 6.48 Å². The van der Waals surface area contributed by atoms with E-state index in [4.69, 9.17) is 0 Å². The normalized spacial score (nSPS) is 22.7. The zero-order chi connectivity index (χ0) is 13.7. The van der Waals surface area contributed by atoms with Crippen molar-refractivity contribution in [3.05, 3.63) is 0 Å². The van der Waals surface area contributed by atoms with Gasteiger partial charge in [0, 0.05) is 25.2 Å². The van der Waals surface area contributed by atoms with Crippen LogP contribution >= 0.6 is 0 Å². The van der Waals surface area contributed by atoms with Crippen LogP contribution in [0.15, 0.2) is 0 Å². The second-order valence-corrected chi connectivity index (χ2v) is 6.97. The van der Waals surface area contributed by atoms with Crippen LogP contribution in [0.25, 0.3) is 0 Å². The van der Waals surface area contributed by atoms with E-state index in [9.17, 15) is 0 Å². The molecule has 2 aliphatic heterocycles. The van der Waals surface area contributed by atoms with Crippen LogP contribution in [0.2, 0.25) is 0 Å². The molecule has 19 heavy (non-hydrogen) atoms. The molecule has 0 aromatic rings. The van der Waals surface area contributed by atoms with Gasteiger partial charge in [-0.3, -0.25) is 0 Å². The molecule has 2 fully saturated rings. The van der Waals surface area contributed by atoms with Crippen LogP contribution < -0.4 is 0 Å². The zero-order valence-corrected chi connectivity index (χ0v) is 13.4. The summed E-state index contributed by atoms with van der Waals surface area (Å²) in [6.45, 7) is 19.0. The maximum atomic E-state index is 2.57. The van der Waals surface area contributed by atoms with Gasteiger partial charge in [-0.15, -0.1) is 0 Å². The zero-order valence-electron chi connectivity index (χ0n) is 13.4. The Labute approximate surface area is 122 Å². The molecule has 0 aromatic heterocycles. The number of hydrogen-bond donors (Lipinski definition) is 0. The summed E-state index contributed by atoms with van der Waals surface area (Å²) in [6.07, 6.45) is 2.80. The molecular formula is C17H38N2. The van der Waals surface area contributed by atoms with E-state index in [1.165, 1.54) is 39.0 Å². The standard InChI is InChI=1S/C9H19N.C7H15N.CH4/c1-8(2)10-6-4-9(3)5-7-10;1-6(2)8-4-7(3)5-8;/h8-9H,4-7H2,1-3H3;6-7H,4-5H2,1-3H3;1H4. The highest BCUT2D eigenvalue weighted by Gasteiger charge is 2.23. The van der Waals surface area contributed by atoms with E-state index >= 15 is 0 Å². The molecule has 0 atom stereocenters. The Balaban J connectivity index is 0.000000331. The van der Waals surface area contributed by atoms with Gasteiger partial charge in [0.2, 0.25) is 0 Å². The summed E-state index contributed by atoms with van der Waals surface area (Å²) in [7, 11) is 0. The fourth-order valence-corrected chi connectivity index (χ4v) is 2.71. The SMILES string of the molecule is C.CC1CCN(C(C)C)CC1.CC1CN(C(C)C)C1. The Bertz CT molecular complexity index is 211. The highest BCUT2D eigenvalue weighted by molar-refractivity contribution is 4.78. The lowest BCUT2D eigenvalue weighted by molar-refractivity contribution is 0.0787. The Kier molecular flexibility index (Phi) is 8.93. The van der Waals surface area contributed by atoms with Crippen LogP contribution in [-0.4, -0.2) is 48.1 Å². The van der Waals surface area contributed by atoms with E-state index < -0.39 is 0 Å². The molecule has 2 saturated heterocycles. The molecule has 2 aliphatic rings. The van der Waals surface area contributed by atoms with E-state index in [2.05, 4.69) is 51.3 Å². The summed E-state index contributed by atoms with van der Waals surface area (Å²) in [5.74, 6) is 1.92. The average Bonchev–Trinajstić information content (AvgIpc) is 2.26. The first-order valence-corrected chi connectivity index (χ1v) is 7.88. The van der Waals surface area contributed by atoms with Crippen LogP contribution in [-0.2, 0) is 0 Å². The van der Waals surface area contributed by atoms with Crippen molar-refractivity contribution in [3.63, 3.8) is 0 Å². The third-order valence-electron chi connectivity index (χ3n) is 4.37. The molecule has 0 unspecified atom stereocenters. The van der Waals surface area contributed by atoms with Gasteiger partial charge >= 0.3 is 0 Å². The molecule has 2 nitrogen and oxygen atoms in total. The van der Waals surface area contributed by atoms with Crippen molar-refractivity contribution in [2.45, 2.75) is 73.9 Å². The molecule has 0 aliphatic carbocycles. The van der Waals surface area contributed by atoms with Gasteiger partial charge in [0.25, 0.3) is 0 Å². The number of piperidine rings is 1. The first-order chi connectivity index (χ1) is 8.40. The summed E-state index contributed by atoms with van der Waals surface area (Å²) in [6, 6.07) is 1.53. The number of nitrogens with zero attached hydrogens (tertiary/aromatic N) is 2. The fourth-order valence-electron chi connectivity index (χ4n) is 2.71. The lowest BCUT2D eigenvalue weighted by Crippen LogP contribution is -2.48. The summed E-state index contributed by atoms with van der Waals surface area (Å²) in [5, 5.41) is 0. The monoisotopic (exact) mass is 270 g/mol. The van der Waals surface area contributed by atoms with Crippen molar-refractivity contribution in [2.75, 3.05) is 26.2 Å². The minimum Gasteiger partial charge on any atom is -0.301 e. The first kappa shape index (κ1) is 18.9. The molecule has 2 heteroatoms. The molecule has 0 saturated carbocycles. The summed E-state index contributed by atoms with van der Waals surface area (Å²) < 4.78 is 0. The second kappa shape index (κ2) is 8.97. The predicted molar refractivity (Wildman–Crippen MR) is 87.7 cm³/mol. The maximum Gasteiger partial charge on any atom is 0.00388 e. The van der Waals surface area contributed by atoms with Gasteiger partial charge in [0.15, 0.2) is 0 Å². The Hall–Kier alpha value is -0.0800. The van der Waals surface area contributed by atoms with Crippen LogP contribution in [0, 0.1) is 11.8 Å². The largest absolute Gasteiger partial charge is 0.301 e. The van der Waals surface area contributed by atoms with Gasteiger partial charge < -0.3 is 9.80 Å². The Morgan fingerprint density at radius 2 is 1.16 bits per heavy atom. The molecule has 2 heterocycles. The minimum absolute atomic E-state index is 0. The van der Waals surface area contributed by atoms with Gasteiger partial charge in [0.05, 0.1) is 0 Å². The van der Waals surface area contributed by atoms with Crippen LogP contribution in [0.4, 0.5) is 0 Å². The molecule has 116 valence electrons. The lowest BCUT2D eigenvalue weighted by Gasteiger charge is -2.40. The fraction of sp³-hybridized carbons (Fsp3) is 1.00. The molecule has 0 bridgehead atoms. The van der Waals surface area contributed by atoms with E-state index in [1.807, 2.05) is 0 Å². The van der Waals surface area contributed by atoms with Crippen molar-refractivity contribution < 1.29 is 0 Å². The third kappa shape index (κ3) is 6.76. The average molecular weight is 271 g/mol. The lowest BCUT2D eigenvalue weighted by atomic mass is 9.98. The Morgan fingerprint density at radius 3 is 1.42 bits per heavy atom. The second-order valence-electron chi connectivity index (χ2n) is 6.97. The predicted octanol–water partition coefficient (Wildman–Crippen LogP) is 4.11. The minimum atomic E-state index is 0. The van der Waals surface area contributed by atoms with Gasteiger partial charge in [-0.2, -0.15) is 0 Å². The van der Waals surface area contributed by atoms with Gasteiger partial charge in [0.1, 0.15) is 0 Å². The summed E-state index contributed by atoms with van der Waals surface area (Å²) in [4.78, 5) is 5.06. The maximum absolute atomic E-state index is 2.57. The highest BCUT2D eigenvalue weighted by atomic mass is 15.2. The molecule has 0 amide bonds. The third-order valence-corrected chi connectivity index (χ3v) is 4.37. The molecule has 0 N–H and O–H groups in total. The van der Waals surface area contributed by atoms with Crippen molar-refractivity contribution in [1.29, 1.82) is 0 Å².